The second-order valence-corrected chi connectivity index (χ2v) is 4.29. The molecule has 0 unspecified atom stereocenters. The number of aromatic hydroxyl groups is 1. The maximum Gasteiger partial charge on any atom is 0.342 e. The summed E-state index contributed by atoms with van der Waals surface area (Å²) in [6.45, 7) is 4.12. The fourth-order valence-corrected chi connectivity index (χ4v) is 1.22. The van der Waals surface area contributed by atoms with Crippen molar-refractivity contribution in [2.45, 2.75) is 13.8 Å². The zero-order valence-corrected chi connectivity index (χ0v) is 10.5. The van der Waals surface area contributed by atoms with Gasteiger partial charge >= 0.3 is 5.97 Å². The molecule has 1 aromatic carbocycles. The van der Waals surface area contributed by atoms with Gasteiger partial charge in [-0.15, -0.1) is 0 Å². The van der Waals surface area contributed by atoms with Gasteiger partial charge in [-0.05, 0) is 18.1 Å². The van der Waals surface area contributed by atoms with Crippen LogP contribution in [0.15, 0.2) is 24.3 Å². The van der Waals surface area contributed by atoms with E-state index in [0.29, 0.717) is 12.5 Å². The molecule has 1 aromatic rings. The van der Waals surface area contributed by atoms with E-state index in [0.717, 1.165) is 0 Å². The predicted molar refractivity (Wildman–Crippen MR) is 66.2 cm³/mol. The molecule has 1 rings (SSSR count). The number of esters is 1. The molecule has 1 amide bonds. The molecule has 0 aliphatic rings. The summed E-state index contributed by atoms with van der Waals surface area (Å²) in [6, 6.07) is 6.02. The second-order valence-electron chi connectivity index (χ2n) is 4.29. The minimum atomic E-state index is -0.715. The Bertz CT molecular complexity index is 429. The lowest BCUT2D eigenvalue weighted by molar-refractivity contribution is -0.124. The Morgan fingerprint density at radius 1 is 1.33 bits per heavy atom. The van der Waals surface area contributed by atoms with Crippen LogP contribution in [0.1, 0.15) is 24.2 Å². The van der Waals surface area contributed by atoms with Crippen molar-refractivity contribution in [2.24, 2.45) is 5.92 Å². The highest BCUT2D eigenvalue weighted by Gasteiger charge is 2.13. The Kier molecular flexibility index (Phi) is 5.17. The van der Waals surface area contributed by atoms with Crippen molar-refractivity contribution in [3.63, 3.8) is 0 Å². The molecule has 0 radical (unpaired) electrons. The molecule has 0 saturated carbocycles. The Labute approximate surface area is 106 Å². The van der Waals surface area contributed by atoms with Crippen molar-refractivity contribution in [2.75, 3.05) is 13.2 Å². The molecular formula is C13H17NO4. The number of benzene rings is 1. The first-order chi connectivity index (χ1) is 8.50. The van der Waals surface area contributed by atoms with Gasteiger partial charge in [0.2, 0.25) is 0 Å². The van der Waals surface area contributed by atoms with Crippen LogP contribution in [0.4, 0.5) is 0 Å². The number of phenols is 1. The van der Waals surface area contributed by atoms with E-state index in [1.54, 1.807) is 12.1 Å². The summed E-state index contributed by atoms with van der Waals surface area (Å²) >= 11 is 0. The maximum atomic E-state index is 11.5. The summed E-state index contributed by atoms with van der Waals surface area (Å²) in [4.78, 5) is 22.9. The molecule has 5 nitrogen and oxygen atoms in total. The van der Waals surface area contributed by atoms with Gasteiger partial charge in [-0.25, -0.2) is 4.79 Å². The summed E-state index contributed by atoms with van der Waals surface area (Å²) in [5.74, 6) is -0.895. The largest absolute Gasteiger partial charge is 0.507 e. The molecule has 0 aliphatic carbocycles. The fourth-order valence-electron chi connectivity index (χ4n) is 1.22. The second kappa shape index (κ2) is 6.64. The van der Waals surface area contributed by atoms with Gasteiger partial charge in [0.15, 0.2) is 6.61 Å². The smallest absolute Gasteiger partial charge is 0.342 e. The molecule has 5 heteroatoms. The van der Waals surface area contributed by atoms with E-state index in [1.807, 2.05) is 13.8 Å². The first kappa shape index (κ1) is 14.0. The molecule has 0 bridgehead atoms. The topological polar surface area (TPSA) is 75.6 Å². The number of hydrogen-bond donors (Lipinski definition) is 2. The molecule has 0 aliphatic heterocycles. The van der Waals surface area contributed by atoms with Crippen LogP contribution in [-0.4, -0.2) is 30.1 Å². The van der Waals surface area contributed by atoms with E-state index in [9.17, 15) is 14.7 Å². The highest BCUT2D eigenvalue weighted by molar-refractivity contribution is 5.93. The van der Waals surface area contributed by atoms with Gasteiger partial charge < -0.3 is 15.2 Å². The average Bonchev–Trinajstić information content (AvgIpc) is 2.34. The molecule has 98 valence electrons. The van der Waals surface area contributed by atoms with Gasteiger partial charge in [-0.3, -0.25) is 4.79 Å². The molecule has 18 heavy (non-hydrogen) atoms. The minimum Gasteiger partial charge on any atom is -0.507 e. The molecule has 2 N–H and O–H groups in total. The lowest BCUT2D eigenvalue weighted by atomic mass is 10.2. The van der Waals surface area contributed by atoms with Gasteiger partial charge in [-0.2, -0.15) is 0 Å². The lowest BCUT2D eigenvalue weighted by Crippen LogP contribution is -2.31. The first-order valence-electron chi connectivity index (χ1n) is 5.72. The molecular weight excluding hydrogens is 234 g/mol. The number of ether oxygens (including phenoxy) is 1. The van der Waals surface area contributed by atoms with Crippen molar-refractivity contribution in [3.8, 4) is 5.75 Å². The standard InChI is InChI=1S/C13H17NO4/c1-9(2)7-14-12(16)8-18-13(17)10-5-3-4-6-11(10)15/h3-6,9,15H,7-8H2,1-2H3,(H,14,16). The third kappa shape index (κ3) is 4.45. The summed E-state index contributed by atoms with van der Waals surface area (Å²) in [5, 5.41) is 12.0. The zero-order valence-electron chi connectivity index (χ0n) is 10.5. The van der Waals surface area contributed by atoms with Crippen molar-refractivity contribution >= 4 is 11.9 Å². The summed E-state index contributed by atoms with van der Waals surface area (Å²) < 4.78 is 4.79. The molecule has 0 heterocycles. The fraction of sp³-hybridized carbons (Fsp3) is 0.385. The van der Waals surface area contributed by atoms with E-state index in [2.05, 4.69) is 5.32 Å². The number of carbonyl (C=O) groups excluding carboxylic acids is 2. The highest BCUT2D eigenvalue weighted by Crippen LogP contribution is 2.16. The summed E-state index contributed by atoms with van der Waals surface area (Å²) in [6.07, 6.45) is 0. The van der Waals surface area contributed by atoms with Crippen molar-refractivity contribution < 1.29 is 19.4 Å². The van der Waals surface area contributed by atoms with Gasteiger partial charge in [0.25, 0.3) is 5.91 Å². The van der Waals surface area contributed by atoms with Gasteiger partial charge in [0.1, 0.15) is 11.3 Å². The quantitative estimate of drug-likeness (QED) is 0.774. The predicted octanol–water partition coefficient (Wildman–Crippen LogP) is 1.32. The van der Waals surface area contributed by atoms with Crippen molar-refractivity contribution in [3.05, 3.63) is 29.8 Å². The van der Waals surface area contributed by atoms with Crippen LogP contribution in [-0.2, 0) is 9.53 Å². The van der Waals surface area contributed by atoms with Crippen LogP contribution < -0.4 is 5.32 Å². The van der Waals surface area contributed by atoms with Crippen LogP contribution in [0, 0.1) is 5.92 Å². The Morgan fingerprint density at radius 2 is 2.00 bits per heavy atom. The number of nitrogens with one attached hydrogen (secondary N) is 1. The molecule has 0 saturated heterocycles. The number of amides is 1. The van der Waals surface area contributed by atoms with E-state index in [4.69, 9.17) is 4.74 Å². The summed E-state index contributed by atoms with van der Waals surface area (Å²) in [5.41, 5.74) is 0.0501. The highest BCUT2D eigenvalue weighted by atomic mass is 16.5. The van der Waals surface area contributed by atoms with E-state index < -0.39 is 5.97 Å². The number of carbonyl (C=O) groups is 2. The van der Waals surface area contributed by atoms with E-state index >= 15 is 0 Å². The molecule has 0 atom stereocenters. The maximum absolute atomic E-state index is 11.5. The average molecular weight is 251 g/mol. The summed E-state index contributed by atoms with van der Waals surface area (Å²) in [7, 11) is 0. The van der Waals surface area contributed by atoms with Crippen LogP contribution >= 0.6 is 0 Å². The van der Waals surface area contributed by atoms with Gasteiger partial charge in [0, 0.05) is 6.54 Å². The Balaban J connectivity index is 2.42. The molecule has 0 spiro atoms. The van der Waals surface area contributed by atoms with Crippen molar-refractivity contribution in [1.29, 1.82) is 0 Å². The number of para-hydroxylation sites is 1. The Morgan fingerprint density at radius 3 is 2.61 bits per heavy atom. The first-order valence-corrected chi connectivity index (χ1v) is 5.72. The van der Waals surface area contributed by atoms with Crippen LogP contribution in [0.5, 0.6) is 5.75 Å². The van der Waals surface area contributed by atoms with Gasteiger partial charge in [0.05, 0.1) is 0 Å². The number of rotatable bonds is 5. The number of phenolic OH excluding ortho intramolecular Hbond substituents is 1. The zero-order chi connectivity index (χ0) is 13.5. The van der Waals surface area contributed by atoms with E-state index in [-0.39, 0.29) is 23.8 Å². The molecule has 0 aromatic heterocycles. The molecule has 0 fully saturated rings. The van der Waals surface area contributed by atoms with E-state index in [1.165, 1.54) is 12.1 Å². The van der Waals surface area contributed by atoms with Crippen LogP contribution in [0.2, 0.25) is 0 Å². The van der Waals surface area contributed by atoms with Gasteiger partial charge in [-0.1, -0.05) is 26.0 Å². The monoisotopic (exact) mass is 251 g/mol. The number of hydrogen-bond acceptors (Lipinski definition) is 4. The van der Waals surface area contributed by atoms with Crippen LogP contribution in [0.25, 0.3) is 0 Å². The third-order valence-electron chi connectivity index (χ3n) is 2.17. The van der Waals surface area contributed by atoms with Crippen molar-refractivity contribution in [1.82, 2.24) is 5.32 Å². The Hall–Kier alpha value is -2.04. The SMILES string of the molecule is CC(C)CNC(=O)COC(=O)c1ccccc1O. The normalized spacial score (nSPS) is 10.2. The lowest BCUT2D eigenvalue weighted by Gasteiger charge is -2.08. The van der Waals surface area contributed by atoms with Crippen LogP contribution in [0.3, 0.4) is 0 Å². The minimum absolute atomic E-state index is 0.0501. The third-order valence-corrected chi connectivity index (χ3v) is 2.17.